The Morgan fingerprint density at radius 2 is 1.48 bits per heavy atom. The maximum absolute atomic E-state index is 13.2. The predicted molar refractivity (Wildman–Crippen MR) is 126 cm³/mol. The lowest BCUT2D eigenvalue weighted by molar-refractivity contribution is -0.148. The van der Waals surface area contributed by atoms with Crippen molar-refractivity contribution in [2.45, 2.75) is 86.2 Å². The van der Waals surface area contributed by atoms with E-state index in [4.69, 9.17) is 0 Å². The zero-order chi connectivity index (χ0) is 25.0. The van der Waals surface area contributed by atoms with Crippen molar-refractivity contribution in [1.29, 1.82) is 0 Å². The van der Waals surface area contributed by atoms with Gasteiger partial charge in [-0.2, -0.15) is 0 Å². The number of nitrogens with one attached hydrogen (secondary N) is 2. The van der Waals surface area contributed by atoms with Gasteiger partial charge in [-0.25, -0.2) is 0 Å². The van der Waals surface area contributed by atoms with Crippen LogP contribution in [-0.2, 0) is 19.2 Å². The molecule has 1 unspecified atom stereocenters. The minimum atomic E-state index is -0.866. The molecule has 0 aromatic carbocycles. The summed E-state index contributed by atoms with van der Waals surface area (Å²) in [6, 6.07) is -0.866. The van der Waals surface area contributed by atoms with Gasteiger partial charge in [0, 0.05) is 43.9 Å². The summed E-state index contributed by atoms with van der Waals surface area (Å²) >= 11 is 0. The normalized spacial score (nSPS) is 12.4. The summed E-state index contributed by atoms with van der Waals surface area (Å²) in [5, 5.41) is 5.74. The number of likely N-dealkylation sites (N-methyl/N-ethyl adjacent to an activating group) is 2. The third-order valence-corrected chi connectivity index (χ3v) is 4.69. The molecule has 8 heteroatoms. The Kier molecular flexibility index (Phi) is 14.3. The van der Waals surface area contributed by atoms with Gasteiger partial charge in [0.25, 0.3) is 0 Å². The average Bonchev–Trinajstić information content (AvgIpc) is 2.64. The number of hydrogen-bond acceptors (Lipinski definition) is 5. The standard InChI is InChI=1S/C21H40N4O4.C2H6/c1-10-17(27)23-21(5,6)14-20(3,4)19(29)25(9)16(13-15(2)26)18(28)22-11-12-24(7)8;1-2/h16H,10-14H2,1-9H3,(H,22,28)(H,23,27);1-2H3. The molecular formula is C23H46N4O4. The van der Waals surface area contributed by atoms with Crippen molar-refractivity contribution in [2.75, 3.05) is 34.2 Å². The van der Waals surface area contributed by atoms with Gasteiger partial charge in [0.05, 0.1) is 0 Å². The minimum absolute atomic E-state index is 0.0396. The van der Waals surface area contributed by atoms with Gasteiger partial charge in [-0.05, 0) is 41.3 Å². The van der Waals surface area contributed by atoms with Gasteiger partial charge in [0.2, 0.25) is 17.7 Å². The Morgan fingerprint density at radius 3 is 1.90 bits per heavy atom. The number of ketones is 1. The lowest BCUT2D eigenvalue weighted by Gasteiger charge is -2.38. The summed E-state index contributed by atoms with van der Waals surface area (Å²) < 4.78 is 0. The van der Waals surface area contributed by atoms with E-state index in [-0.39, 0.29) is 29.9 Å². The zero-order valence-electron chi connectivity index (χ0n) is 21.6. The maximum atomic E-state index is 13.2. The van der Waals surface area contributed by atoms with Crippen LogP contribution < -0.4 is 10.6 Å². The van der Waals surface area contributed by atoms with Crippen molar-refractivity contribution in [3.63, 3.8) is 0 Å². The number of nitrogens with zero attached hydrogens (tertiary/aromatic N) is 2. The number of carbonyl (C=O) groups is 4. The number of Topliss-reactive ketones (excluding diaryl/α,β-unsaturated/α-hetero) is 1. The minimum Gasteiger partial charge on any atom is -0.353 e. The van der Waals surface area contributed by atoms with Crippen LogP contribution in [0.1, 0.15) is 74.7 Å². The summed E-state index contributed by atoms with van der Waals surface area (Å²) in [6.45, 7) is 15.6. The third-order valence-electron chi connectivity index (χ3n) is 4.69. The highest BCUT2D eigenvalue weighted by atomic mass is 16.2. The summed E-state index contributed by atoms with van der Waals surface area (Å²) in [5.74, 6) is -0.829. The molecule has 0 aromatic rings. The zero-order valence-corrected chi connectivity index (χ0v) is 21.6. The summed E-state index contributed by atoms with van der Waals surface area (Å²) in [5.41, 5.74) is -1.42. The first-order chi connectivity index (χ1) is 14.1. The molecule has 0 saturated heterocycles. The van der Waals surface area contributed by atoms with Crippen molar-refractivity contribution in [3.05, 3.63) is 0 Å². The molecule has 0 rings (SSSR count). The van der Waals surface area contributed by atoms with Gasteiger partial charge in [-0.3, -0.25) is 19.2 Å². The number of carbonyl (C=O) groups excluding carboxylic acids is 4. The van der Waals surface area contributed by atoms with Crippen LogP contribution in [0.4, 0.5) is 0 Å². The molecule has 0 spiro atoms. The molecule has 0 heterocycles. The van der Waals surface area contributed by atoms with E-state index in [2.05, 4.69) is 10.6 Å². The summed E-state index contributed by atoms with van der Waals surface area (Å²) in [7, 11) is 5.35. The SMILES string of the molecule is CC.CCC(=O)NC(C)(C)CC(C)(C)C(=O)N(C)C(CC(C)=O)C(=O)NCCN(C)C. The van der Waals surface area contributed by atoms with Gasteiger partial charge in [-0.1, -0.05) is 34.6 Å². The van der Waals surface area contributed by atoms with Crippen LogP contribution in [0.2, 0.25) is 0 Å². The second kappa shape index (κ2) is 14.2. The Hall–Kier alpha value is -1.96. The van der Waals surface area contributed by atoms with E-state index < -0.39 is 17.0 Å². The first-order valence-electron chi connectivity index (χ1n) is 11.1. The van der Waals surface area contributed by atoms with Gasteiger partial charge in [0.1, 0.15) is 11.8 Å². The second-order valence-corrected chi connectivity index (χ2v) is 9.28. The molecule has 0 saturated carbocycles. The fourth-order valence-electron chi connectivity index (χ4n) is 3.51. The molecule has 0 aliphatic carbocycles. The Morgan fingerprint density at radius 1 is 0.968 bits per heavy atom. The monoisotopic (exact) mass is 442 g/mol. The van der Waals surface area contributed by atoms with E-state index in [0.29, 0.717) is 25.9 Å². The van der Waals surface area contributed by atoms with Crippen LogP contribution in [0.25, 0.3) is 0 Å². The lowest BCUT2D eigenvalue weighted by Crippen LogP contribution is -2.55. The molecular weight excluding hydrogens is 396 g/mol. The predicted octanol–water partition coefficient (Wildman–Crippen LogP) is 2.22. The Labute approximate surface area is 189 Å². The second-order valence-electron chi connectivity index (χ2n) is 9.28. The lowest BCUT2D eigenvalue weighted by atomic mass is 9.78. The van der Waals surface area contributed by atoms with Crippen molar-refractivity contribution in [3.8, 4) is 0 Å². The van der Waals surface area contributed by atoms with Crippen LogP contribution in [0, 0.1) is 5.41 Å². The van der Waals surface area contributed by atoms with Crippen LogP contribution in [0.3, 0.4) is 0 Å². The molecule has 8 nitrogen and oxygen atoms in total. The molecule has 3 amide bonds. The van der Waals surface area contributed by atoms with Crippen molar-refractivity contribution in [1.82, 2.24) is 20.4 Å². The van der Waals surface area contributed by atoms with E-state index in [0.717, 1.165) is 0 Å². The van der Waals surface area contributed by atoms with Crippen molar-refractivity contribution < 1.29 is 19.2 Å². The summed E-state index contributed by atoms with van der Waals surface area (Å²) in [4.78, 5) is 52.7. The highest BCUT2D eigenvalue weighted by molar-refractivity contribution is 5.93. The molecule has 0 fully saturated rings. The topological polar surface area (TPSA) is 98.8 Å². The van der Waals surface area contributed by atoms with Gasteiger partial charge in [-0.15, -0.1) is 0 Å². The van der Waals surface area contributed by atoms with Crippen molar-refractivity contribution >= 4 is 23.5 Å². The van der Waals surface area contributed by atoms with Gasteiger partial charge in [0.15, 0.2) is 0 Å². The fourth-order valence-corrected chi connectivity index (χ4v) is 3.51. The van der Waals surface area contributed by atoms with Gasteiger partial charge >= 0.3 is 0 Å². The number of rotatable bonds is 12. The van der Waals surface area contributed by atoms with Crippen LogP contribution in [-0.4, -0.2) is 79.1 Å². The van der Waals surface area contributed by atoms with Crippen LogP contribution in [0.5, 0.6) is 0 Å². The first kappa shape index (κ1) is 31.2. The van der Waals surface area contributed by atoms with E-state index in [1.54, 1.807) is 27.8 Å². The van der Waals surface area contributed by atoms with E-state index in [9.17, 15) is 19.2 Å². The quantitative estimate of drug-likeness (QED) is 0.483. The molecule has 0 aromatic heterocycles. The molecule has 1 atom stereocenters. The molecule has 31 heavy (non-hydrogen) atoms. The maximum Gasteiger partial charge on any atom is 0.243 e. The Bertz CT molecular complexity index is 600. The third kappa shape index (κ3) is 12.5. The van der Waals surface area contributed by atoms with Gasteiger partial charge < -0.3 is 20.4 Å². The Balaban J connectivity index is 0. The van der Waals surface area contributed by atoms with E-state index in [1.807, 2.05) is 46.7 Å². The molecule has 2 N–H and O–H groups in total. The molecule has 0 aliphatic rings. The molecule has 0 aliphatic heterocycles. The van der Waals surface area contributed by atoms with E-state index in [1.165, 1.54) is 11.8 Å². The highest BCUT2D eigenvalue weighted by Gasteiger charge is 2.40. The van der Waals surface area contributed by atoms with E-state index >= 15 is 0 Å². The highest BCUT2D eigenvalue weighted by Crippen LogP contribution is 2.31. The summed E-state index contributed by atoms with van der Waals surface area (Å²) in [6.07, 6.45) is 0.720. The van der Waals surface area contributed by atoms with Crippen molar-refractivity contribution in [2.24, 2.45) is 5.41 Å². The fraction of sp³-hybridized carbons (Fsp3) is 0.826. The molecule has 182 valence electrons. The molecule has 0 radical (unpaired) electrons. The number of hydrogen-bond donors (Lipinski definition) is 2. The first-order valence-corrected chi connectivity index (χ1v) is 11.1. The largest absolute Gasteiger partial charge is 0.353 e. The number of amides is 3. The average molecular weight is 443 g/mol. The smallest absolute Gasteiger partial charge is 0.243 e. The van der Waals surface area contributed by atoms with Crippen LogP contribution in [0.15, 0.2) is 0 Å². The van der Waals surface area contributed by atoms with Crippen LogP contribution >= 0.6 is 0 Å². The molecule has 0 bridgehead atoms.